The highest BCUT2D eigenvalue weighted by molar-refractivity contribution is 7.71. The lowest BCUT2D eigenvalue weighted by Crippen LogP contribution is -2.14. The minimum atomic E-state index is -2.67. The Morgan fingerprint density at radius 1 is 1.27 bits per heavy atom. The van der Waals surface area contributed by atoms with Crippen LogP contribution in [0.4, 0.5) is 15.8 Å². The summed E-state index contributed by atoms with van der Waals surface area (Å²) < 4.78 is 35.6. The molecule has 0 saturated heterocycles. The van der Waals surface area contributed by atoms with Crippen molar-refractivity contribution in [3.05, 3.63) is 64.6 Å². The van der Waals surface area contributed by atoms with Gasteiger partial charge in [0, 0.05) is 17.3 Å². The maximum absolute atomic E-state index is 13.5. The molecule has 3 aromatic rings. The third kappa shape index (κ3) is 3.76. The number of nitrogens with two attached hydrogens (primary N) is 1. The van der Waals surface area contributed by atoms with E-state index in [1.165, 1.54) is 30.5 Å². The van der Waals surface area contributed by atoms with Crippen LogP contribution in [0.1, 0.15) is 15.9 Å². The minimum Gasteiger partial charge on any atom is -0.365 e. The average molecular weight is 394 g/mol. The smallest absolute Gasteiger partial charge is 0.252 e. The number of primary amides is 1. The number of benzene rings is 2. The molecule has 0 atom stereocenters. The summed E-state index contributed by atoms with van der Waals surface area (Å²) in [5, 5.41) is 3.59. The van der Waals surface area contributed by atoms with Crippen LogP contribution in [0.2, 0.25) is 5.02 Å². The molecule has 1 aromatic heterocycles. The summed E-state index contributed by atoms with van der Waals surface area (Å²) in [6.07, 6.45) is 1.27. The lowest BCUT2D eigenvalue weighted by atomic mass is 10.1. The van der Waals surface area contributed by atoms with Gasteiger partial charge in [-0.15, -0.1) is 0 Å². The summed E-state index contributed by atoms with van der Waals surface area (Å²) >= 11 is 6.21. The number of nitrogens with one attached hydrogen (secondary N) is 1. The fourth-order valence-electron chi connectivity index (χ4n) is 2.59. The summed E-state index contributed by atoms with van der Waals surface area (Å²) in [5.74, 6) is -1.42. The Labute approximate surface area is 154 Å². The number of pyridine rings is 1. The van der Waals surface area contributed by atoms with E-state index >= 15 is 0 Å². The predicted octanol–water partition coefficient (Wildman–Crippen LogP) is 2.98. The van der Waals surface area contributed by atoms with Crippen molar-refractivity contribution in [2.75, 3.05) is 5.32 Å². The van der Waals surface area contributed by atoms with E-state index in [1.54, 1.807) is 12.1 Å². The third-order valence-electron chi connectivity index (χ3n) is 3.66. The Morgan fingerprint density at radius 2 is 2.04 bits per heavy atom. The number of hydrogen-bond donors (Lipinski definition) is 3. The van der Waals surface area contributed by atoms with Crippen molar-refractivity contribution in [2.24, 2.45) is 5.73 Å². The molecule has 0 fully saturated rings. The summed E-state index contributed by atoms with van der Waals surface area (Å²) in [7, 11) is -2.67. The van der Waals surface area contributed by atoms with Gasteiger partial charge in [-0.1, -0.05) is 17.7 Å². The molecule has 0 saturated carbocycles. The van der Waals surface area contributed by atoms with Gasteiger partial charge in [0.2, 0.25) is 0 Å². The fraction of sp³-hybridized carbons (Fsp3) is 0.0588. The summed E-state index contributed by atoms with van der Waals surface area (Å²) in [6, 6.07) is 8.71. The maximum atomic E-state index is 13.5. The van der Waals surface area contributed by atoms with E-state index in [1.807, 2.05) is 0 Å². The topological polar surface area (TPSA) is 102 Å². The quantitative estimate of drug-likeness (QED) is 0.578. The second-order valence-corrected chi connectivity index (χ2v) is 6.90. The van der Waals surface area contributed by atoms with Gasteiger partial charge >= 0.3 is 0 Å². The van der Waals surface area contributed by atoms with Crippen molar-refractivity contribution in [1.29, 1.82) is 0 Å². The van der Waals surface area contributed by atoms with Crippen molar-refractivity contribution >= 4 is 50.5 Å². The number of carbonyl (C=O) groups is 1. The van der Waals surface area contributed by atoms with Crippen LogP contribution in [0.5, 0.6) is 0 Å². The number of halogens is 2. The normalized spacial score (nSPS) is 11.0. The van der Waals surface area contributed by atoms with Crippen LogP contribution in [0.25, 0.3) is 10.9 Å². The maximum Gasteiger partial charge on any atom is 0.252 e. The van der Waals surface area contributed by atoms with E-state index in [0.29, 0.717) is 22.2 Å². The molecule has 0 bridgehead atoms. The molecule has 2 aromatic carbocycles. The summed E-state index contributed by atoms with van der Waals surface area (Å²) in [6.45, 7) is 0. The van der Waals surface area contributed by atoms with Crippen LogP contribution >= 0.6 is 11.6 Å². The molecule has 0 spiro atoms. The average Bonchev–Trinajstić information content (AvgIpc) is 2.54. The zero-order chi connectivity index (χ0) is 18.8. The monoisotopic (exact) mass is 393 g/mol. The number of nitrogens with zero attached hydrogens (tertiary/aromatic N) is 1. The second-order valence-electron chi connectivity index (χ2n) is 5.51. The van der Waals surface area contributed by atoms with E-state index in [2.05, 4.69) is 10.3 Å². The summed E-state index contributed by atoms with van der Waals surface area (Å²) in [4.78, 5) is 16.0. The standard InChI is InChI=1S/C17H13ClFN3O3S/c18-14-5-9(8-26(24)25)4-12-15(13(17(20)23)7-21-16(12)14)22-11-3-1-2-10(19)6-11/h1-7,26H,8H2,(H2,20,23)(H,21,22). The van der Waals surface area contributed by atoms with E-state index in [0.717, 1.165) is 0 Å². The van der Waals surface area contributed by atoms with Gasteiger partial charge in [-0.3, -0.25) is 9.78 Å². The number of anilines is 2. The van der Waals surface area contributed by atoms with Crippen molar-refractivity contribution in [1.82, 2.24) is 4.98 Å². The Hall–Kier alpha value is -2.71. The number of thiol groups is 1. The van der Waals surface area contributed by atoms with Crippen LogP contribution in [-0.4, -0.2) is 19.3 Å². The third-order valence-corrected chi connectivity index (χ3v) is 4.57. The Balaban J connectivity index is 2.26. The first-order valence-electron chi connectivity index (χ1n) is 7.40. The van der Waals surface area contributed by atoms with Gasteiger partial charge < -0.3 is 11.1 Å². The van der Waals surface area contributed by atoms with Gasteiger partial charge in [0.1, 0.15) is 16.5 Å². The van der Waals surface area contributed by atoms with Crippen LogP contribution in [0, 0.1) is 5.82 Å². The van der Waals surface area contributed by atoms with Crippen LogP contribution in [0.3, 0.4) is 0 Å². The highest BCUT2D eigenvalue weighted by atomic mass is 35.5. The van der Waals surface area contributed by atoms with Gasteiger partial charge in [-0.05, 0) is 35.9 Å². The molecule has 6 nitrogen and oxygen atoms in total. The molecule has 26 heavy (non-hydrogen) atoms. The first-order chi connectivity index (χ1) is 12.3. The number of rotatable bonds is 5. The van der Waals surface area contributed by atoms with Gasteiger partial charge in [-0.2, -0.15) is 0 Å². The molecular formula is C17H13ClFN3O3S. The van der Waals surface area contributed by atoms with E-state index in [9.17, 15) is 17.6 Å². The van der Waals surface area contributed by atoms with Gasteiger partial charge in [-0.25, -0.2) is 12.8 Å². The lowest BCUT2D eigenvalue weighted by molar-refractivity contribution is 0.100. The van der Waals surface area contributed by atoms with E-state index < -0.39 is 22.4 Å². The van der Waals surface area contributed by atoms with Crippen molar-refractivity contribution in [3.8, 4) is 0 Å². The SMILES string of the molecule is NC(=O)c1cnc2c(Cl)cc(C[SH](=O)=O)cc2c1Nc1cccc(F)c1. The van der Waals surface area contributed by atoms with Crippen LogP contribution in [-0.2, 0) is 16.5 Å². The molecule has 0 unspecified atom stereocenters. The molecular weight excluding hydrogens is 381 g/mol. The molecule has 3 rings (SSSR count). The number of fused-ring (bicyclic) bond motifs is 1. The zero-order valence-electron chi connectivity index (χ0n) is 13.2. The minimum absolute atomic E-state index is 0.0708. The van der Waals surface area contributed by atoms with Crippen molar-refractivity contribution in [3.63, 3.8) is 0 Å². The molecule has 0 aliphatic carbocycles. The lowest BCUT2D eigenvalue weighted by Gasteiger charge is -2.14. The van der Waals surface area contributed by atoms with Gasteiger partial charge in [0.05, 0.1) is 27.5 Å². The Morgan fingerprint density at radius 3 is 2.69 bits per heavy atom. The molecule has 0 radical (unpaired) electrons. The highest BCUT2D eigenvalue weighted by Crippen LogP contribution is 2.33. The van der Waals surface area contributed by atoms with Crippen LogP contribution < -0.4 is 11.1 Å². The van der Waals surface area contributed by atoms with E-state index in [-0.39, 0.29) is 22.0 Å². The zero-order valence-corrected chi connectivity index (χ0v) is 14.9. The molecule has 3 N–H and O–H groups in total. The van der Waals surface area contributed by atoms with Gasteiger partial charge in [0.15, 0.2) is 0 Å². The first kappa shape index (κ1) is 18.1. The molecule has 9 heteroatoms. The number of aromatic nitrogens is 1. The van der Waals surface area contributed by atoms with E-state index in [4.69, 9.17) is 17.3 Å². The fourth-order valence-corrected chi connectivity index (χ4v) is 3.36. The number of amides is 1. The largest absolute Gasteiger partial charge is 0.365 e. The number of carbonyl (C=O) groups excluding carboxylic acids is 1. The molecule has 1 amide bonds. The predicted molar refractivity (Wildman–Crippen MR) is 99.0 cm³/mol. The van der Waals surface area contributed by atoms with Crippen LogP contribution in [0.15, 0.2) is 42.6 Å². The molecule has 0 aliphatic heterocycles. The van der Waals surface area contributed by atoms with Crippen molar-refractivity contribution in [2.45, 2.75) is 5.75 Å². The van der Waals surface area contributed by atoms with Gasteiger partial charge in [0.25, 0.3) is 5.91 Å². The first-order valence-corrected chi connectivity index (χ1v) is 9.14. The molecule has 134 valence electrons. The molecule has 1 heterocycles. The highest BCUT2D eigenvalue weighted by Gasteiger charge is 2.16. The second kappa shape index (κ2) is 7.27. The Bertz CT molecular complexity index is 1090. The molecule has 0 aliphatic rings. The van der Waals surface area contributed by atoms with Crippen molar-refractivity contribution < 1.29 is 17.6 Å². The Kier molecular flexibility index (Phi) is 5.06. The number of hydrogen-bond acceptors (Lipinski definition) is 5. The summed E-state index contributed by atoms with van der Waals surface area (Å²) in [5.41, 5.74) is 6.95.